The summed E-state index contributed by atoms with van der Waals surface area (Å²) in [6.45, 7) is 27.3. The Hall–Kier alpha value is -3.75. The molecule has 0 aliphatic rings. The molecule has 0 unspecified atom stereocenters. The molecule has 0 fully saturated rings. The van der Waals surface area contributed by atoms with Crippen LogP contribution in [0.2, 0.25) is 0 Å². The first kappa shape index (κ1) is 49.3. The van der Waals surface area contributed by atoms with Crippen LogP contribution in [0.15, 0.2) is 24.3 Å². The molecule has 1 aromatic rings. The summed E-state index contributed by atoms with van der Waals surface area (Å²) in [5, 5.41) is 3.07. The fraction of sp³-hybridized carbons (Fsp3) is 0.732. The van der Waals surface area contributed by atoms with Gasteiger partial charge in [0, 0.05) is 30.9 Å². The van der Waals surface area contributed by atoms with Crippen LogP contribution < -0.4 is 11.1 Å². The molecule has 314 valence electrons. The van der Waals surface area contributed by atoms with Crippen LogP contribution in [0.5, 0.6) is 0 Å². The molecule has 0 amide bonds. The Bertz CT molecular complexity index is 1370. The minimum atomic E-state index is -1.47. The Morgan fingerprint density at radius 2 is 0.945 bits per heavy atom. The van der Waals surface area contributed by atoms with E-state index in [0.717, 1.165) is 5.56 Å². The average molecular weight is 779 g/mol. The van der Waals surface area contributed by atoms with E-state index in [0.29, 0.717) is 12.1 Å². The maximum absolute atomic E-state index is 13.4. The van der Waals surface area contributed by atoms with Gasteiger partial charge < -0.3 is 29.4 Å². The van der Waals surface area contributed by atoms with Gasteiger partial charge in [-0.05, 0) is 135 Å². The van der Waals surface area contributed by atoms with Gasteiger partial charge in [0.15, 0.2) is 0 Å². The SMILES string of the molecule is C[C@@H](CN(CC(=O)OC(C)(C)C)C[C@H](Cc1ccc(N)cc1)N(CC(=O)OC(C)(C)C)CC(=O)OC(C)(C)C)NC(C(=O)OC(C)(C)C)C(=O)OC(C)(C)C. The Labute approximate surface area is 329 Å². The molecule has 0 aliphatic carbocycles. The van der Waals surface area contributed by atoms with Gasteiger partial charge in [-0.3, -0.25) is 29.5 Å². The van der Waals surface area contributed by atoms with E-state index < -0.39 is 76.0 Å². The van der Waals surface area contributed by atoms with Crippen LogP contribution in [0.4, 0.5) is 5.69 Å². The number of carbonyl (C=O) groups excluding carboxylic acids is 5. The Morgan fingerprint density at radius 3 is 1.31 bits per heavy atom. The lowest BCUT2D eigenvalue weighted by molar-refractivity contribution is -0.171. The summed E-state index contributed by atoms with van der Waals surface area (Å²) in [5.74, 6) is -3.24. The van der Waals surface area contributed by atoms with E-state index in [1.165, 1.54) is 0 Å². The number of carbonyl (C=O) groups is 5. The van der Waals surface area contributed by atoms with Gasteiger partial charge >= 0.3 is 29.8 Å². The topological polar surface area (TPSA) is 176 Å². The molecule has 3 N–H and O–H groups in total. The number of nitrogens with one attached hydrogen (secondary N) is 1. The first-order valence-corrected chi connectivity index (χ1v) is 18.9. The van der Waals surface area contributed by atoms with Crippen molar-refractivity contribution in [2.24, 2.45) is 0 Å². The molecule has 2 atom stereocenters. The highest BCUT2D eigenvalue weighted by molar-refractivity contribution is 5.99. The molecule has 1 aromatic carbocycles. The van der Waals surface area contributed by atoms with Crippen LogP contribution in [0.25, 0.3) is 0 Å². The second kappa shape index (κ2) is 19.9. The summed E-state index contributed by atoms with van der Waals surface area (Å²) in [6.07, 6.45) is 0.330. The molecule has 0 saturated carbocycles. The lowest BCUT2D eigenvalue weighted by Crippen LogP contribution is -2.56. The zero-order valence-corrected chi connectivity index (χ0v) is 36.3. The number of esters is 5. The summed E-state index contributed by atoms with van der Waals surface area (Å²) < 4.78 is 28.2. The molecule has 0 heterocycles. The van der Waals surface area contributed by atoms with E-state index in [1.54, 1.807) is 133 Å². The third kappa shape index (κ3) is 23.0. The quantitative estimate of drug-likeness (QED) is 0.0951. The van der Waals surface area contributed by atoms with E-state index in [-0.39, 0.29) is 32.7 Å². The molecule has 0 bridgehead atoms. The monoisotopic (exact) mass is 779 g/mol. The number of anilines is 1. The first-order valence-electron chi connectivity index (χ1n) is 18.9. The third-order valence-corrected chi connectivity index (χ3v) is 6.98. The van der Waals surface area contributed by atoms with Crippen molar-refractivity contribution >= 4 is 35.5 Å². The van der Waals surface area contributed by atoms with Crippen molar-refractivity contribution in [1.82, 2.24) is 15.1 Å². The van der Waals surface area contributed by atoms with Crippen molar-refractivity contribution in [3.63, 3.8) is 0 Å². The van der Waals surface area contributed by atoms with Crippen molar-refractivity contribution in [3.05, 3.63) is 29.8 Å². The van der Waals surface area contributed by atoms with Crippen LogP contribution in [-0.4, -0.2) is 119 Å². The number of hydrogen-bond acceptors (Lipinski definition) is 14. The molecular formula is C41H70N4O10. The predicted molar refractivity (Wildman–Crippen MR) is 212 cm³/mol. The van der Waals surface area contributed by atoms with E-state index in [1.807, 2.05) is 12.1 Å². The van der Waals surface area contributed by atoms with E-state index >= 15 is 0 Å². The van der Waals surface area contributed by atoms with Gasteiger partial charge in [0.1, 0.15) is 28.0 Å². The van der Waals surface area contributed by atoms with Gasteiger partial charge in [0.05, 0.1) is 19.6 Å². The Balaban J connectivity index is 3.74. The minimum Gasteiger partial charge on any atom is -0.459 e. The molecule has 14 heteroatoms. The number of hydrogen-bond donors (Lipinski definition) is 2. The number of ether oxygens (including phenoxy) is 5. The summed E-state index contributed by atoms with van der Waals surface area (Å²) in [6, 6.07) is 4.58. The molecule has 0 spiro atoms. The molecule has 0 saturated heterocycles. The zero-order valence-electron chi connectivity index (χ0n) is 36.3. The van der Waals surface area contributed by atoms with Gasteiger partial charge in [0.2, 0.25) is 6.04 Å². The van der Waals surface area contributed by atoms with Crippen LogP contribution in [-0.2, 0) is 54.1 Å². The second-order valence-electron chi connectivity index (χ2n) is 19.0. The van der Waals surface area contributed by atoms with Gasteiger partial charge in [-0.1, -0.05) is 12.1 Å². The standard InChI is InChI=1S/C41H70N4O10/c1-27(43-34(35(49)54-40(11,12)13)36(50)55-41(14,15)16)22-44(24-31(46)51-37(2,3)4)23-30(21-28-17-19-29(42)20-18-28)45(25-32(47)52-38(5,6)7)26-33(48)53-39(8,9)10/h17-20,27,30,34,43H,21-26,42H2,1-16H3/t27-,30-/m0/s1. The highest BCUT2D eigenvalue weighted by atomic mass is 16.6. The van der Waals surface area contributed by atoms with Crippen molar-refractivity contribution in [2.45, 2.75) is 163 Å². The predicted octanol–water partition coefficient (Wildman–Crippen LogP) is 4.84. The van der Waals surface area contributed by atoms with Crippen molar-refractivity contribution < 1.29 is 47.7 Å². The maximum Gasteiger partial charge on any atom is 0.335 e. The van der Waals surface area contributed by atoms with Gasteiger partial charge in [-0.25, -0.2) is 9.59 Å². The third-order valence-electron chi connectivity index (χ3n) is 6.98. The fourth-order valence-electron chi connectivity index (χ4n) is 5.36. The molecule has 1 rings (SSSR count). The van der Waals surface area contributed by atoms with Crippen LogP contribution in [0.1, 0.15) is 116 Å². The second-order valence-corrected chi connectivity index (χ2v) is 19.0. The summed E-state index contributed by atoms with van der Waals surface area (Å²) >= 11 is 0. The molecule has 55 heavy (non-hydrogen) atoms. The number of rotatable bonds is 17. The van der Waals surface area contributed by atoms with Gasteiger partial charge in [0.25, 0.3) is 0 Å². The Morgan fingerprint density at radius 1 is 0.582 bits per heavy atom. The zero-order chi connectivity index (χ0) is 42.7. The molecular weight excluding hydrogens is 708 g/mol. The van der Waals surface area contributed by atoms with Gasteiger partial charge in [-0.15, -0.1) is 0 Å². The number of nitrogens with zero attached hydrogens (tertiary/aromatic N) is 2. The normalized spacial score (nSPS) is 14.0. The van der Waals surface area contributed by atoms with Crippen molar-refractivity contribution in [2.75, 3.05) is 38.5 Å². The van der Waals surface area contributed by atoms with E-state index in [2.05, 4.69) is 5.32 Å². The van der Waals surface area contributed by atoms with Crippen molar-refractivity contribution in [3.8, 4) is 0 Å². The van der Waals surface area contributed by atoms with E-state index in [9.17, 15) is 24.0 Å². The van der Waals surface area contributed by atoms with Crippen LogP contribution in [0.3, 0.4) is 0 Å². The lowest BCUT2D eigenvalue weighted by atomic mass is 10.0. The van der Waals surface area contributed by atoms with Crippen LogP contribution >= 0.6 is 0 Å². The average Bonchev–Trinajstić information content (AvgIpc) is 2.91. The van der Waals surface area contributed by atoms with E-state index in [4.69, 9.17) is 29.4 Å². The summed E-state index contributed by atoms with van der Waals surface area (Å²) in [5.41, 5.74) is 3.29. The largest absolute Gasteiger partial charge is 0.459 e. The molecule has 0 aromatic heterocycles. The van der Waals surface area contributed by atoms with Crippen LogP contribution in [0, 0.1) is 0 Å². The summed E-state index contributed by atoms with van der Waals surface area (Å²) in [7, 11) is 0. The first-order chi connectivity index (χ1) is 24.7. The maximum atomic E-state index is 13.4. The fourth-order valence-corrected chi connectivity index (χ4v) is 5.36. The summed E-state index contributed by atoms with van der Waals surface area (Å²) in [4.78, 5) is 70.3. The molecule has 0 aliphatic heterocycles. The molecule has 0 radical (unpaired) electrons. The van der Waals surface area contributed by atoms with Gasteiger partial charge in [-0.2, -0.15) is 0 Å². The minimum absolute atomic E-state index is 0.117. The van der Waals surface area contributed by atoms with Crippen molar-refractivity contribution in [1.29, 1.82) is 0 Å². The Kier molecular flexibility index (Phi) is 17.8. The number of nitrogen functional groups attached to an aromatic ring is 1. The highest BCUT2D eigenvalue weighted by Crippen LogP contribution is 2.19. The highest BCUT2D eigenvalue weighted by Gasteiger charge is 2.37. The smallest absolute Gasteiger partial charge is 0.335 e. The molecule has 14 nitrogen and oxygen atoms in total. The lowest BCUT2D eigenvalue weighted by Gasteiger charge is -2.37. The number of benzene rings is 1. The number of nitrogens with two attached hydrogens (primary N) is 1.